The molecule has 2 N–H and O–H groups in total. The van der Waals surface area contributed by atoms with Gasteiger partial charge < -0.3 is 15.0 Å². The number of hydrogen-bond acceptors (Lipinski definition) is 3. The third kappa shape index (κ3) is 5.48. The number of aromatic nitrogens is 2. The molecule has 29 heavy (non-hydrogen) atoms. The van der Waals surface area contributed by atoms with Crippen molar-refractivity contribution in [2.45, 2.75) is 77.9 Å². The lowest BCUT2D eigenvalue weighted by Gasteiger charge is -2.32. The number of primary amides is 1. The molecule has 6 heteroatoms. The van der Waals surface area contributed by atoms with Gasteiger partial charge in [-0.15, -0.1) is 0 Å². The third-order valence-electron chi connectivity index (χ3n) is 6.02. The van der Waals surface area contributed by atoms with Crippen molar-refractivity contribution >= 4 is 25.0 Å². The van der Waals surface area contributed by atoms with Crippen LogP contribution in [0.25, 0.3) is 11.0 Å². The van der Waals surface area contributed by atoms with Gasteiger partial charge in [0.2, 0.25) is 5.91 Å². The third-order valence-corrected chi connectivity index (χ3v) is 7.72. The zero-order chi connectivity index (χ0) is 21.4. The molecule has 1 fully saturated rings. The Hall–Kier alpha value is -1.66. The first kappa shape index (κ1) is 22.0. The van der Waals surface area contributed by atoms with Gasteiger partial charge in [0.25, 0.3) is 0 Å². The summed E-state index contributed by atoms with van der Waals surface area (Å²) in [7, 11) is -1.11. The van der Waals surface area contributed by atoms with Crippen LogP contribution in [0, 0.1) is 11.8 Å². The molecule has 0 aliphatic heterocycles. The van der Waals surface area contributed by atoms with Crippen LogP contribution in [-0.2, 0) is 28.1 Å². The van der Waals surface area contributed by atoms with Crippen molar-refractivity contribution in [3.8, 4) is 0 Å². The Morgan fingerprint density at radius 1 is 1.28 bits per heavy atom. The molecule has 0 atom stereocenters. The van der Waals surface area contributed by atoms with Gasteiger partial charge in [-0.3, -0.25) is 4.79 Å². The van der Waals surface area contributed by atoms with Crippen molar-refractivity contribution in [1.29, 1.82) is 0 Å². The number of imidazole rings is 1. The van der Waals surface area contributed by atoms with Crippen LogP contribution in [0.4, 0.5) is 0 Å². The Bertz CT molecular complexity index is 871. The number of benzene rings is 1. The van der Waals surface area contributed by atoms with Crippen molar-refractivity contribution < 1.29 is 9.53 Å². The highest BCUT2D eigenvalue weighted by Gasteiger charge is 2.34. The molecule has 1 aromatic heterocycles. The fourth-order valence-corrected chi connectivity index (χ4v) is 4.63. The summed E-state index contributed by atoms with van der Waals surface area (Å²) in [5.74, 6) is 1.41. The second kappa shape index (κ2) is 8.23. The van der Waals surface area contributed by atoms with Crippen molar-refractivity contribution in [2.75, 3.05) is 6.61 Å². The lowest BCUT2D eigenvalue weighted by atomic mass is 9.73. The first-order valence-corrected chi connectivity index (χ1v) is 14.5. The van der Waals surface area contributed by atoms with Crippen LogP contribution < -0.4 is 5.73 Å². The van der Waals surface area contributed by atoms with Gasteiger partial charge in [0.15, 0.2) is 0 Å². The van der Waals surface area contributed by atoms with Crippen molar-refractivity contribution in [2.24, 2.45) is 17.6 Å². The summed E-state index contributed by atoms with van der Waals surface area (Å²) in [6.07, 6.45) is 2.63. The largest absolute Gasteiger partial charge is 0.369 e. The molecule has 0 radical (unpaired) electrons. The number of ether oxygens (including phenoxy) is 1. The SMILES string of the molecule is CC(C)(C)c1ccc2c(c1)nc(CC1CC(C(N)=O)C1)n2COCC[Si](C)(C)C. The number of nitrogens with zero attached hydrogens (tertiary/aromatic N) is 2. The summed E-state index contributed by atoms with van der Waals surface area (Å²) < 4.78 is 8.30. The van der Waals surface area contributed by atoms with Crippen LogP contribution in [0.2, 0.25) is 25.7 Å². The summed E-state index contributed by atoms with van der Waals surface area (Å²) in [6.45, 7) is 15.1. The van der Waals surface area contributed by atoms with Crippen LogP contribution in [0.1, 0.15) is 45.0 Å². The van der Waals surface area contributed by atoms with Gasteiger partial charge in [-0.2, -0.15) is 0 Å². The van der Waals surface area contributed by atoms with E-state index in [1.807, 2.05) is 0 Å². The molecule has 160 valence electrons. The molecule has 1 amide bonds. The number of rotatable bonds is 8. The second-order valence-corrected chi connectivity index (χ2v) is 16.5. The van der Waals surface area contributed by atoms with E-state index in [2.05, 4.69) is 63.2 Å². The van der Waals surface area contributed by atoms with E-state index in [9.17, 15) is 4.79 Å². The van der Waals surface area contributed by atoms with Crippen molar-refractivity contribution in [3.05, 3.63) is 29.6 Å². The first-order valence-electron chi connectivity index (χ1n) is 10.8. The van der Waals surface area contributed by atoms with Crippen LogP contribution in [0.15, 0.2) is 18.2 Å². The number of carbonyl (C=O) groups excluding carboxylic acids is 1. The molecule has 0 unspecified atom stereocenters. The van der Waals surface area contributed by atoms with Gasteiger partial charge in [0, 0.05) is 27.0 Å². The number of fused-ring (bicyclic) bond motifs is 1. The summed E-state index contributed by atoms with van der Waals surface area (Å²) >= 11 is 0. The van der Waals surface area contributed by atoms with E-state index >= 15 is 0 Å². The molecule has 0 bridgehead atoms. The van der Waals surface area contributed by atoms with E-state index in [1.54, 1.807) is 0 Å². The molecule has 0 spiro atoms. The van der Waals surface area contributed by atoms with Gasteiger partial charge in [-0.25, -0.2) is 4.98 Å². The maximum absolute atomic E-state index is 11.4. The van der Waals surface area contributed by atoms with Gasteiger partial charge >= 0.3 is 0 Å². The fraction of sp³-hybridized carbons (Fsp3) is 0.652. The van der Waals surface area contributed by atoms with Crippen LogP contribution >= 0.6 is 0 Å². The monoisotopic (exact) mass is 415 g/mol. The lowest BCUT2D eigenvalue weighted by Crippen LogP contribution is -2.36. The minimum atomic E-state index is -1.11. The van der Waals surface area contributed by atoms with E-state index in [4.69, 9.17) is 15.5 Å². The van der Waals surface area contributed by atoms with Crippen molar-refractivity contribution in [1.82, 2.24) is 9.55 Å². The summed E-state index contributed by atoms with van der Waals surface area (Å²) in [4.78, 5) is 16.3. The van der Waals surface area contributed by atoms with Crippen molar-refractivity contribution in [3.63, 3.8) is 0 Å². The number of carbonyl (C=O) groups is 1. The molecule has 2 aromatic rings. The molecule has 0 saturated heterocycles. The Labute approximate surface area is 176 Å². The summed E-state index contributed by atoms with van der Waals surface area (Å²) in [5, 5.41) is 0. The van der Waals surface area contributed by atoms with Crippen LogP contribution in [0.3, 0.4) is 0 Å². The summed E-state index contributed by atoms with van der Waals surface area (Å²) in [5.41, 5.74) is 8.99. The van der Waals surface area contributed by atoms with Gasteiger partial charge in [-0.05, 0) is 47.9 Å². The van der Waals surface area contributed by atoms with Crippen LogP contribution in [-0.4, -0.2) is 30.1 Å². The average Bonchev–Trinajstić information content (AvgIpc) is 2.89. The molecule has 3 rings (SSSR count). The Morgan fingerprint density at radius 3 is 2.55 bits per heavy atom. The Kier molecular flexibility index (Phi) is 6.25. The van der Waals surface area contributed by atoms with Gasteiger partial charge in [-0.1, -0.05) is 46.5 Å². The van der Waals surface area contributed by atoms with E-state index in [-0.39, 0.29) is 17.2 Å². The van der Waals surface area contributed by atoms with E-state index < -0.39 is 8.07 Å². The second-order valence-electron chi connectivity index (χ2n) is 10.9. The highest BCUT2D eigenvalue weighted by Crippen LogP contribution is 2.36. The quantitative estimate of drug-likeness (QED) is 0.502. The topological polar surface area (TPSA) is 70.1 Å². The minimum Gasteiger partial charge on any atom is -0.369 e. The van der Waals surface area contributed by atoms with E-state index in [1.165, 1.54) is 5.56 Å². The average molecular weight is 416 g/mol. The molecular weight excluding hydrogens is 378 g/mol. The predicted molar refractivity (Wildman–Crippen MR) is 122 cm³/mol. The molecule has 1 aliphatic rings. The predicted octanol–water partition coefficient (Wildman–Crippen LogP) is 4.70. The normalized spacial score (nSPS) is 20.1. The van der Waals surface area contributed by atoms with Gasteiger partial charge in [0.05, 0.1) is 11.0 Å². The standard InChI is InChI=1S/C23H37N3O2Si/c1-23(2,3)18-7-8-20-19(14-18)25-21(13-16-11-17(12-16)22(24)27)26(20)15-28-9-10-29(4,5)6/h7-8,14,16-17H,9-13,15H2,1-6H3,(H2,24,27). The number of amides is 1. The van der Waals surface area contributed by atoms with Gasteiger partial charge in [0.1, 0.15) is 12.6 Å². The zero-order valence-corrected chi connectivity index (χ0v) is 19.9. The Morgan fingerprint density at radius 2 is 1.97 bits per heavy atom. The molecule has 1 aromatic carbocycles. The highest BCUT2D eigenvalue weighted by atomic mass is 28.3. The number of nitrogens with two attached hydrogens (primary N) is 1. The maximum Gasteiger partial charge on any atom is 0.220 e. The minimum absolute atomic E-state index is 0.0401. The lowest BCUT2D eigenvalue weighted by molar-refractivity contribution is -0.125. The highest BCUT2D eigenvalue weighted by molar-refractivity contribution is 6.76. The van der Waals surface area contributed by atoms with Crippen LogP contribution in [0.5, 0.6) is 0 Å². The molecular formula is C23H37N3O2Si. The van der Waals surface area contributed by atoms with E-state index in [0.717, 1.165) is 48.8 Å². The maximum atomic E-state index is 11.4. The summed E-state index contributed by atoms with van der Waals surface area (Å²) in [6, 6.07) is 7.76. The smallest absolute Gasteiger partial charge is 0.220 e. The molecule has 1 saturated carbocycles. The number of hydrogen-bond donors (Lipinski definition) is 1. The first-order chi connectivity index (χ1) is 13.4. The molecule has 1 heterocycles. The molecule has 5 nitrogen and oxygen atoms in total. The Balaban J connectivity index is 1.81. The molecule has 1 aliphatic carbocycles. The fourth-order valence-electron chi connectivity index (χ4n) is 3.87. The zero-order valence-electron chi connectivity index (χ0n) is 18.9. The van der Waals surface area contributed by atoms with E-state index in [0.29, 0.717) is 12.6 Å².